The monoisotopic (exact) mass is 723 g/mol. The molecule has 0 heterocycles. The molecular formula is C45H86O6. The Kier molecular flexibility index (Phi) is 39.9. The maximum atomic E-state index is 12.7. The second kappa shape index (κ2) is 41.2. The van der Waals surface area contributed by atoms with Crippen LogP contribution in [0, 0.1) is 0 Å². The predicted octanol–water partition coefficient (Wildman–Crippen LogP) is 14.1. The average Bonchev–Trinajstić information content (AvgIpc) is 3.12. The Labute approximate surface area is 317 Å². The summed E-state index contributed by atoms with van der Waals surface area (Å²) < 4.78 is 16.7. The van der Waals surface area contributed by atoms with Crippen molar-refractivity contribution >= 4 is 17.9 Å². The molecule has 0 aromatic heterocycles. The van der Waals surface area contributed by atoms with E-state index in [1.165, 1.54) is 154 Å². The Hall–Kier alpha value is -1.59. The smallest absolute Gasteiger partial charge is 0.306 e. The van der Waals surface area contributed by atoms with Crippen LogP contribution in [0.5, 0.6) is 0 Å². The topological polar surface area (TPSA) is 78.9 Å². The van der Waals surface area contributed by atoms with Gasteiger partial charge in [0.05, 0.1) is 0 Å². The molecule has 302 valence electrons. The van der Waals surface area contributed by atoms with Gasteiger partial charge in [0, 0.05) is 19.3 Å². The summed E-state index contributed by atoms with van der Waals surface area (Å²) in [6.07, 6.45) is 40.8. The minimum Gasteiger partial charge on any atom is -0.462 e. The highest BCUT2D eigenvalue weighted by Crippen LogP contribution is 2.15. The van der Waals surface area contributed by atoms with Crippen LogP contribution in [0.4, 0.5) is 0 Å². The highest BCUT2D eigenvalue weighted by molar-refractivity contribution is 5.71. The summed E-state index contributed by atoms with van der Waals surface area (Å²) in [6, 6.07) is 0. The Morgan fingerprint density at radius 3 is 0.784 bits per heavy atom. The normalized spacial score (nSPS) is 11.8. The maximum absolute atomic E-state index is 12.7. The van der Waals surface area contributed by atoms with Crippen molar-refractivity contribution in [2.75, 3.05) is 13.2 Å². The first kappa shape index (κ1) is 49.4. The fraction of sp³-hybridized carbons (Fsp3) is 0.933. The van der Waals surface area contributed by atoms with Crippen LogP contribution in [0.2, 0.25) is 0 Å². The molecule has 0 aromatic rings. The van der Waals surface area contributed by atoms with Crippen LogP contribution in [0.1, 0.15) is 252 Å². The molecule has 6 heteroatoms. The van der Waals surface area contributed by atoms with E-state index in [1.54, 1.807) is 0 Å². The van der Waals surface area contributed by atoms with E-state index in [9.17, 15) is 14.4 Å². The van der Waals surface area contributed by atoms with Crippen molar-refractivity contribution in [3.05, 3.63) is 0 Å². The van der Waals surface area contributed by atoms with Gasteiger partial charge in [0.25, 0.3) is 0 Å². The average molecular weight is 723 g/mol. The number of carbonyl (C=O) groups excluding carboxylic acids is 3. The largest absolute Gasteiger partial charge is 0.462 e. The van der Waals surface area contributed by atoms with Crippen LogP contribution in [0.15, 0.2) is 0 Å². The van der Waals surface area contributed by atoms with Gasteiger partial charge in [0.2, 0.25) is 0 Å². The molecule has 1 atom stereocenters. The fourth-order valence-electron chi connectivity index (χ4n) is 6.68. The lowest BCUT2D eigenvalue weighted by atomic mass is 10.0. The van der Waals surface area contributed by atoms with Crippen molar-refractivity contribution in [2.24, 2.45) is 0 Å². The van der Waals surface area contributed by atoms with E-state index in [4.69, 9.17) is 14.2 Å². The van der Waals surface area contributed by atoms with Gasteiger partial charge in [-0.3, -0.25) is 14.4 Å². The summed E-state index contributed by atoms with van der Waals surface area (Å²) in [5.74, 6) is -0.855. The van der Waals surface area contributed by atoms with Crippen molar-refractivity contribution < 1.29 is 28.6 Å². The van der Waals surface area contributed by atoms with E-state index >= 15 is 0 Å². The minimum atomic E-state index is -0.757. The van der Waals surface area contributed by atoms with Gasteiger partial charge in [-0.15, -0.1) is 0 Å². The first-order valence-electron chi connectivity index (χ1n) is 22.5. The van der Waals surface area contributed by atoms with Crippen LogP contribution >= 0.6 is 0 Å². The lowest BCUT2D eigenvalue weighted by molar-refractivity contribution is -0.167. The summed E-state index contributed by atoms with van der Waals surface area (Å²) in [6.45, 7) is 6.62. The van der Waals surface area contributed by atoms with Crippen molar-refractivity contribution in [1.29, 1.82) is 0 Å². The molecule has 0 rings (SSSR count). The number of rotatable bonds is 41. The summed E-state index contributed by atoms with van der Waals surface area (Å²) in [4.78, 5) is 37.6. The molecule has 0 saturated heterocycles. The molecule has 6 nitrogen and oxygen atoms in total. The lowest BCUT2D eigenvalue weighted by Gasteiger charge is -2.18. The molecule has 0 aliphatic heterocycles. The zero-order valence-corrected chi connectivity index (χ0v) is 34.4. The standard InChI is InChI=1S/C45H86O6/c1-4-7-10-13-16-19-21-22-24-26-29-32-35-38-44(47)50-41-42(40-49-43(46)37-34-31-28-25-18-15-12-9-6-3)51-45(48)39-36-33-30-27-23-20-17-14-11-8-5-2/h42H,4-41H2,1-3H3/t42-/m0/s1. The molecule has 0 saturated carbocycles. The van der Waals surface area contributed by atoms with Crippen LogP contribution in [-0.4, -0.2) is 37.2 Å². The van der Waals surface area contributed by atoms with Crippen molar-refractivity contribution in [3.63, 3.8) is 0 Å². The van der Waals surface area contributed by atoms with Crippen LogP contribution in [0.25, 0.3) is 0 Å². The molecule has 0 radical (unpaired) electrons. The van der Waals surface area contributed by atoms with E-state index in [-0.39, 0.29) is 31.1 Å². The van der Waals surface area contributed by atoms with Gasteiger partial charge >= 0.3 is 17.9 Å². The molecule has 0 spiro atoms. The minimum absolute atomic E-state index is 0.0629. The predicted molar refractivity (Wildman–Crippen MR) is 215 cm³/mol. The Morgan fingerprint density at radius 1 is 0.314 bits per heavy atom. The van der Waals surface area contributed by atoms with Gasteiger partial charge in [0.1, 0.15) is 13.2 Å². The zero-order valence-electron chi connectivity index (χ0n) is 34.4. The third kappa shape index (κ3) is 39.5. The third-order valence-electron chi connectivity index (χ3n) is 10.1. The summed E-state index contributed by atoms with van der Waals surface area (Å²) in [5.41, 5.74) is 0. The second-order valence-electron chi connectivity index (χ2n) is 15.3. The second-order valence-corrected chi connectivity index (χ2v) is 15.3. The molecule has 0 aromatic carbocycles. The van der Waals surface area contributed by atoms with E-state index < -0.39 is 6.10 Å². The molecule has 0 N–H and O–H groups in total. The molecular weight excluding hydrogens is 636 g/mol. The highest BCUT2D eigenvalue weighted by atomic mass is 16.6. The first-order valence-corrected chi connectivity index (χ1v) is 22.5. The quantitative estimate of drug-likeness (QED) is 0.0355. The molecule has 0 fully saturated rings. The van der Waals surface area contributed by atoms with E-state index in [0.717, 1.165) is 57.8 Å². The molecule has 0 bridgehead atoms. The summed E-state index contributed by atoms with van der Waals surface area (Å²) in [5, 5.41) is 0. The number of esters is 3. The van der Waals surface area contributed by atoms with Gasteiger partial charge in [-0.05, 0) is 19.3 Å². The van der Waals surface area contributed by atoms with Crippen molar-refractivity contribution in [3.8, 4) is 0 Å². The molecule has 0 aliphatic rings. The van der Waals surface area contributed by atoms with Crippen molar-refractivity contribution in [1.82, 2.24) is 0 Å². The lowest BCUT2D eigenvalue weighted by Crippen LogP contribution is -2.30. The van der Waals surface area contributed by atoms with E-state index in [2.05, 4.69) is 20.8 Å². The number of hydrogen-bond donors (Lipinski definition) is 0. The van der Waals surface area contributed by atoms with E-state index in [1.807, 2.05) is 0 Å². The number of ether oxygens (including phenoxy) is 3. The first-order chi connectivity index (χ1) is 25.0. The van der Waals surface area contributed by atoms with Gasteiger partial charge < -0.3 is 14.2 Å². The maximum Gasteiger partial charge on any atom is 0.306 e. The van der Waals surface area contributed by atoms with Gasteiger partial charge in [-0.25, -0.2) is 0 Å². The Balaban J connectivity index is 4.30. The van der Waals surface area contributed by atoms with Gasteiger partial charge in [-0.2, -0.15) is 0 Å². The number of carbonyl (C=O) groups is 3. The SMILES string of the molecule is CCCCCCCCCCCCCCCC(=O)OC[C@H](COC(=O)CCCCCCCCCCC)OC(=O)CCCCCCCCCCCCC. The third-order valence-corrected chi connectivity index (χ3v) is 10.1. The molecule has 0 unspecified atom stereocenters. The Bertz CT molecular complexity index is 753. The fourth-order valence-corrected chi connectivity index (χ4v) is 6.68. The summed E-state index contributed by atoms with van der Waals surface area (Å²) >= 11 is 0. The molecule has 0 aliphatic carbocycles. The molecule has 0 amide bonds. The summed E-state index contributed by atoms with van der Waals surface area (Å²) in [7, 11) is 0. The highest BCUT2D eigenvalue weighted by Gasteiger charge is 2.19. The van der Waals surface area contributed by atoms with Gasteiger partial charge in [0.15, 0.2) is 6.10 Å². The van der Waals surface area contributed by atoms with Gasteiger partial charge in [-0.1, -0.05) is 213 Å². The van der Waals surface area contributed by atoms with Crippen LogP contribution in [-0.2, 0) is 28.6 Å². The van der Waals surface area contributed by atoms with E-state index in [0.29, 0.717) is 19.3 Å². The Morgan fingerprint density at radius 2 is 0.529 bits per heavy atom. The van der Waals surface area contributed by atoms with Crippen LogP contribution in [0.3, 0.4) is 0 Å². The number of hydrogen-bond acceptors (Lipinski definition) is 6. The number of unbranched alkanes of at least 4 members (excludes halogenated alkanes) is 30. The van der Waals surface area contributed by atoms with Crippen molar-refractivity contribution in [2.45, 2.75) is 258 Å². The van der Waals surface area contributed by atoms with Crippen LogP contribution < -0.4 is 0 Å². The molecule has 51 heavy (non-hydrogen) atoms. The zero-order chi connectivity index (χ0) is 37.3.